The van der Waals surface area contributed by atoms with Gasteiger partial charge in [0, 0.05) is 31.0 Å². The number of aromatic nitrogens is 2. The van der Waals surface area contributed by atoms with Gasteiger partial charge in [0.05, 0.1) is 6.54 Å². The minimum Gasteiger partial charge on any atom is -0.312 e. The maximum absolute atomic E-state index is 4.24. The first-order valence-corrected chi connectivity index (χ1v) is 6.98. The summed E-state index contributed by atoms with van der Waals surface area (Å²) in [4.78, 5) is 2.55. The molecule has 1 unspecified atom stereocenters. The van der Waals surface area contributed by atoms with E-state index < -0.39 is 0 Å². The first-order chi connectivity index (χ1) is 8.53. The van der Waals surface area contributed by atoms with E-state index in [1.54, 1.807) is 0 Å². The zero-order chi connectivity index (χ0) is 13.0. The van der Waals surface area contributed by atoms with Crippen LogP contribution in [0.2, 0.25) is 0 Å². The number of hydrogen-bond acceptors (Lipinski definition) is 3. The lowest BCUT2D eigenvalue weighted by atomic mass is 10.1. The molecular formula is C14H26N4. The molecule has 2 heterocycles. The minimum absolute atomic E-state index is 0.239. The van der Waals surface area contributed by atoms with E-state index in [2.05, 4.69) is 36.1 Å². The smallest absolute Gasteiger partial charge is 0.0536 e. The number of likely N-dealkylation sites (tertiary alicyclic amines) is 1. The van der Waals surface area contributed by atoms with Gasteiger partial charge in [0.2, 0.25) is 0 Å². The highest BCUT2D eigenvalue weighted by atomic mass is 15.3. The van der Waals surface area contributed by atoms with Gasteiger partial charge in [-0.15, -0.1) is 0 Å². The third kappa shape index (κ3) is 4.42. The lowest BCUT2D eigenvalue weighted by Crippen LogP contribution is -2.39. The fraction of sp³-hybridized carbons (Fsp3) is 0.786. The predicted octanol–water partition coefficient (Wildman–Crippen LogP) is 1.59. The summed E-state index contributed by atoms with van der Waals surface area (Å²) in [7, 11) is 0. The highest BCUT2D eigenvalue weighted by Gasteiger charge is 2.23. The lowest BCUT2D eigenvalue weighted by Gasteiger charge is -2.23. The van der Waals surface area contributed by atoms with Crippen LogP contribution in [0.15, 0.2) is 18.5 Å². The SMILES string of the molecule is CC(C)(C)NCC1CCN(CCn2cccn2)C1. The van der Waals surface area contributed by atoms with E-state index in [0.29, 0.717) is 0 Å². The van der Waals surface area contributed by atoms with Gasteiger partial charge in [-0.3, -0.25) is 4.68 Å². The predicted molar refractivity (Wildman–Crippen MR) is 74.5 cm³/mol. The highest BCUT2D eigenvalue weighted by molar-refractivity contribution is 4.82. The Labute approximate surface area is 110 Å². The van der Waals surface area contributed by atoms with Crippen molar-refractivity contribution in [3.63, 3.8) is 0 Å². The Morgan fingerprint density at radius 1 is 1.33 bits per heavy atom. The number of rotatable bonds is 5. The second-order valence-corrected chi connectivity index (χ2v) is 6.36. The molecule has 1 aliphatic heterocycles. The van der Waals surface area contributed by atoms with E-state index in [4.69, 9.17) is 0 Å². The Morgan fingerprint density at radius 3 is 2.83 bits per heavy atom. The van der Waals surface area contributed by atoms with Crippen LogP contribution in [0.4, 0.5) is 0 Å². The normalized spacial score (nSPS) is 21.6. The van der Waals surface area contributed by atoms with Crippen LogP contribution >= 0.6 is 0 Å². The van der Waals surface area contributed by atoms with Crippen molar-refractivity contribution < 1.29 is 0 Å². The molecule has 0 saturated carbocycles. The monoisotopic (exact) mass is 250 g/mol. The molecule has 1 N–H and O–H groups in total. The van der Waals surface area contributed by atoms with Gasteiger partial charge >= 0.3 is 0 Å². The molecule has 1 saturated heterocycles. The molecule has 4 heteroatoms. The van der Waals surface area contributed by atoms with Crippen molar-refractivity contribution in [2.45, 2.75) is 39.3 Å². The van der Waals surface area contributed by atoms with Crippen molar-refractivity contribution in [1.29, 1.82) is 0 Å². The van der Waals surface area contributed by atoms with Crippen molar-refractivity contribution >= 4 is 0 Å². The Bertz CT molecular complexity index is 339. The van der Waals surface area contributed by atoms with Crippen molar-refractivity contribution in [2.24, 2.45) is 5.92 Å². The molecule has 1 aromatic rings. The molecule has 102 valence electrons. The summed E-state index contributed by atoms with van der Waals surface area (Å²) < 4.78 is 2.01. The van der Waals surface area contributed by atoms with E-state index in [0.717, 1.165) is 25.6 Å². The largest absolute Gasteiger partial charge is 0.312 e. The van der Waals surface area contributed by atoms with Crippen LogP contribution < -0.4 is 5.32 Å². The summed E-state index contributed by atoms with van der Waals surface area (Å²) in [5, 5.41) is 7.85. The van der Waals surface area contributed by atoms with Crippen molar-refractivity contribution in [1.82, 2.24) is 20.0 Å². The van der Waals surface area contributed by atoms with Gasteiger partial charge in [0.25, 0.3) is 0 Å². The molecular weight excluding hydrogens is 224 g/mol. The van der Waals surface area contributed by atoms with Gasteiger partial charge in [-0.05, 0) is 52.3 Å². The van der Waals surface area contributed by atoms with Crippen molar-refractivity contribution in [3.8, 4) is 0 Å². The zero-order valence-electron chi connectivity index (χ0n) is 11.9. The van der Waals surface area contributed by atoms with Gasteiger partial charge in [0.1, 0.15) is 0 Å². The fourth-order valence-electron chi connectivity index (χ4n) is 2.41. The topological polar surface area (TPSA) is 33.1 Å². The standard InChI is InChI=1S/C14H26N4/c1-14(2,3)15-11-13-5-8-17(12-13)9-10-18-7-4-6-16-18/h4,6-7,13,15H,5,8-12H2,1-3H3. The third-order valence-corrected chi connectivity index (χ3v) is 3.50. The molecule has 1 fully saturated rings. The summed E-state index contributed by atoms with van der Waals surface area (Å²) in [6.07, 6.45) is 5.21. The molecule has 1 atom stereocenters. The summed E-state index contributed by atoms with van der Waals surface area (Å²) in [5.74, 6) is 0.807. The van der Waals surface area contributed by atoms with E-state index in [9.17, 15) is 0 Å². The van der Waals surface area contributed by atoms with Crippen LogP contribution in [0.5, 0.6) is 0 Å². The fourth-order valence-corrected chi connectivity index (χ4v) is 2.41. The molecule has 0 bridgehead atoms. The Kier molecular flexibility index (Phi) is 4.40. The first-order valence-electron chi connectivity index (χ1n) is 6.98. The van der Waals surface area contributed by atoms with Gasteiger partial charge < -0.3 is 10.2 Å². The molecule has 0 spiro atoms. The molecule has 0 radical (unpaired) electrons. The zero-order valence-corrected chi connectivity index (χ0v) is 11.9. The van der Waals surface area contributed by atoms with Crippen LogP contribution in [-0.4, -0.2) is 46.4 Å². The summed E-state index contributed by atoms with van der Waals surface area (Å²) >= 11 is 0. The van der Waals surface area contributed by atoms with Gasteiger partial charge in [-0.2, -0.15) is 5.10 Å². The number of nitrogens with zero attached hydrogens (tertiary/aromatic N) is 3. The van der Waals surface area contributed by atoms with Crippen molar-refractivity contribution in [2.75, 3.05) is 26.2 Å². The van der Waals surface area contributed by atoms with Crippen molar-refractivity contribution in [3.05, 3.63) is 18.5 Å². The van der Waals surface area contributed by atoms with Gasteiger partial charge in [-0.1, -0.05) is 0 Å². The molecule has 0 aliphatic carbocycles. The van der Waals surface area contributed by atoms with E-state index in [1.165, 1.54) is 19.5 Å². The Morgan fingerprint density at radius 2 is 2.17 bits per heavy atom. The summed E-state index contributed by atoms with van der Waals surface area (Å²) in [5.41, 5.74) is 0.239. The maximum atomic E-state index is 4.24. The molecule has 0 aromatic carbocycles. The second kappa shape index (κ2) is 5.85. The van der Waals surface area contributed by atoms with Crippen LogP contribution in [-0.2, 0) is 6.54 Å². The van der Waals surface area contributed by atoms with E-state index >= 15 is 0 Å². The maximum Gasteiger partial charge on any atom is 0.0536 e. The number of nitrogens with one attached hydrogen (secondary N) is 1. The van der Waals surface area contributed by atoms with E-state index in [1.807, 2.05) is 23.1 Å². The number of hydrogen-bond donors (Lipinski definition) is 1. The van der Waals surface area contributed by atoms with Crippen LogP contribution in [0.1, 0.15) is 27.2 Å². The highest BCUT2D eigenvalue weighted by Crippen LogP contribution is 2.16. The Balaban J connectivity index is 1.65. The third-order valence-electron chi connectivity index (χ3n) is 3.50. The minimum atomic E-state index is 0.239. The molecule has 4 nitrogen and oxygen atoms in total. The summed E-state index contributed by atoms with van der Waals surface area (Å²) in [6, 6.07) is 1.99. The first kappa shape index (κ1) is 13.6. The molecule has 1 aliphatic rings. The van der Waals surface area contributed by atoms with E-state index in [-0.39, 0.29) is 5.54 Å². The van der Waals surface area contributed by atoms with Gasteiger partial charge in [-0.25, -0.2) is 0 Å². The molecule has 2 rings (SSSR count). The average molecular weight is 250 g/mol. The lowest BCUT2D eigenvalue weighted by molar-refractivity contribution is 0.295. The van der Waals surface area contributed by atoms with Crippen LogP contribution in [0, 0.1) is 5.92 Å². The molecule has 1 aromatic heterocycles. The van der Waals surface area contributed by atoms with Gasteiger partial charge in [0.15, 0.2) is 0 Å². The quantitative estimate of drug-likeness (QED) is 0.861. The summed E-state index contributed by atoms with van der Waals surface area (Å²) in [6.45, 7) is 12.4. The average Bonchev–Trinajstić information content (AvgIpc) is 2.94. The van der Waals surface area contributed by atoms with Crippen LogP contribution in [0.25, 0.3) is 0 Å². The van der Waals surface area contributed by atoms with Crippen LogP contribution in [0.3, 0.4) is 0 Å². The molecule has 18 heavy (non-hydrogen) atoms. The Hall–Kier alpha value is -0.870. The second-order valence-electron chi connectivity index (χ2n) is 6.36. The molecule has 0 amide bonds.